The fourth-order valence-electron chi connectivity index (χ4n) is 3.18. The lowest BCUT2D eigenvalue weighted by Crippen LogP contribution is -2.50. The van der Waals surface area contributed by atoms with Crippen LogP contribution in [0.15, 0.2) is 53.7 Å². The molecule has 1 aliphatic rings. The molecule has 0 saturated carbocycles. The first kappa shape index (κ1) is 21.2. The van der Waals surface area contributed by atoms with E-state index < -0.39 is 10.0 Å². The molecule has 1 fully saturated rings. The van der Waals surface area contributed by atoms with Gasteiger partial charge < -0.3 is 10.6 Å². The van der Waals surface area contributed by atoms with Gasteiger partial charge >= 0.3 is 6.03 Å². The minimum atomic E-state index is -3.53. The molecule has 3 rings (SSSR count). The Labute approximate surface area is 172 Å². The van der Waals surface area contributed by atoms with E-state index in [0.717, 1.165) is 18.7 Å². The average molecular weight is 418 g/mol. The molecule has 0 aliphatic carbocycles. The fourth-order valence-corrected chi connectivity index (χ4v) is 4.60. The summed E-state index contributed by atoms with van der Waals surface area (Å²) in [6.45, 7) is 7.04. The van der Waals surface area contributed by atoms with Crippen LogP contribution in [-0.4, -0.2) is 60.9 Å². The molecule has 1 aliphatic heterocycles. The maximum Gasteiger partial charge on any atom is 0.319 e. The summed E-state index contributed by atoms with van der Waals surface area (Å²) in [6.07, 6.45) is 3.33. The summed E-state index contributed by atoms with van der Waals surface area (Å²) in [6, 6.07) is 9.96. The van der Waals surface area contributed by atoms with E-state index in [1.54, 1.807) is 24.5 Å². The molecular formula is C20H27N5O3S. The van der Waals surface area contributed by atoms with Gasteiger partial charge in [-0.3, -0.25) is 9.88 Å². The molecule has 2 amide bonds. The topological polar surface area (TPSA) is 94.6 Å². The van der Waals surface area contributed by atoms with Crippen LogP contribution < -0.4 is 10.6 Å². The zero-order valence-electron chi connectivity index (χ0n) is 16.7. The number of amides is 2. The Morgan fingerprint density at radius 2 is 1.66 bits per heavy atom. The first-order chi connectivity index (χ1) is 13.9. The maximum absolute atomic E-state index is 12.9. The highest BCUT2D eigenvalue weighted by atomic mass is 32.2. The molecule has 9 heteroatoms. The van der Waals surface area contributed by atoms with Crippen molar-refractivity contribution in [1.82, 2.24) is 19.5 Å². The van der Waals surface area contributed by atoms with Crippen molar-refractivity contribution in [3.8, 4) is 0 Å². The van der Waals surface area contributed by atoms with E-state index in [1.165, 1.54) is 16.4 Å². The third-order valence-corrected chi connectivity index (χ3v) is 6.87. The summed E-state index contributed by atoms with van der Waals surface area (Å²) in [5.74, 6) is 0. The van der Waals surface area contributed by atoms with E-state index in [2.05, 4.69) is 34.4 Å². The Morgan fingerprint density at radius 3 is 2.24 bits per heavy atom. The van der Waals surface area contributed by atoms with Crippen molar-refractivity contribution >= 4 is 21.7 Å². The summed E-state index contributed by atoms with van der Waals surface area (Å²) in [4.78, 5) is 18.5. The zero-order chi connectivity index (χ0) is 20.9. The molecule has 1 saturated heterocycles. The van der Waals surface area contributed by atoms with Gasteiger partial charge in [0.25, 0.3) is 0 Å². The van der Waals surface area contributed by atoms with Gasteiger partial charge in [-0.25, -0.2) is 13.2 Å². The van der Waals surface area contributed by atoms with Crippen LogP contribution in [0.4, 0.5) is 10.5 Å². The molecule has 0 spiro atoms. The number of sulfonamides is 1. The maximum atomic E-state index is 12.9. The number of anilines is 1. The molecule has 0 atom stereocenters. The second kappa shape index (κ2) is 9.34. The first-order valence-electron chi connectivity index (χ1n) is 9.64. The molecule has 1 aromatic heterocycles. The molecule has 8 nitrogen and oxygen atoms in total. The van der Waals surface area contributed by atoms with Crippen molar-refractivity contribution in [3.63, 3.8) is 0 Å². The number of pyridine rings is 1. The second-order valence-electron chi connectivity index (χ2n) is 7.22. The average Bonchev–Trinajstić information content (AvgIpc) is 2.73. The molecule has 2 heterocycles. The lowest BCUT2D eigenvalue weighted by Gasteiger charge is -2.36. The van der Waals surface area contributed by atoms with Crippen LogP contribution in [0.2, 0.25) is 0 Å². The summed E-state index contributed by atoms with van der Waals surface area (Å²) in [5, 5.41) is 5.46. The number of nitrogens with zero attached hydrogens (tertiary/aromatic N) is 3. The number of aromatic nitrogens is 1. The van der Waals surface area contributed by atoms with E-state index >= 15 is 0 Å². The van der Waals surface area contributed by atoms with Gasteiger partial charge in [0, 0.05) is 56.8 Å². The summed E-state index contributed by atoms with van der Waals surface area (Å²) in [7, 11) is -3.53. The Kier molecular flexibility index (Phi) is 6.83. The van der Waals surface area contributed by atoms with Gasteiger partial charge in [0.05, 0.1) is 4.90 Å². The lowest BCUT2D eigenvalue weighted by atomic mass is 10.3. The number of nitrogens with one attached hydrogen (secondary N) is 2. The number of benzene rings is 1. The van der Waals surface area contributed by atoms with Crippen LogP contribution in [0.1, 0.15) is 19.4 Å². The van der Waals surface area contributed by atoms with Crippen LogP contribution in [0.25, 0.3) is 0 Å². The first-order valence-corrected chi connectivity index (χ1v) is 11.1. The molecular weight excluding hydrogens is 390 g/mol. The Bertz CT molecular complexity index is 909. The number of hydrogen-bond donors (Lipinski definition) is 2. The molecule has 156 valence electrons. The quantitative estimate of drug-likeness (QED) is 0.751. The predicted octanol–water partition coefficient (Wildman–Crippen LogP) is 2.12. The largest absolute Gasteiger partial charge is 0.334 e. The summed E-state index contributed by atoms with van der Waals surface area (Å²) in [5.41, 5.74) is 1.47. The van der Waals surface area contributed by atoms with E-state index in [9.17, 15) is 13.2 Å². The van der Waals surface area contributed by atoms with Gasteiger partial charge in [-0.15, -0.1) is 0 Å². The molecule has 1 aromatic carbocycles. The number of piperazine rings is 1. The third-order valence-electron chi connectivity index (χ3n) is 4.96. The van der Waals surface area contributed by atoms with Gasteiger partial charge in [-0.2, -0.15) is 4.31 Å². The highest BCUT2D eigenvalue weighted by Crippen LogP contribution is 2.20. The number of hydrogen-bond acceptors (Lipinski definition) is 5. The van der Waals surface area contributed by atoms with Crippen LogP contribution in [-0.2, 0) is 16.6 Å². The van der Waals surface area contributed by atoms with E-state index in [4.69, 9.17) is 0 Å². The third kappa shape index (κ3) is 5.53. The van der Waals surface area contributed by atoms with Crippen LogP contribution in [0.5, 0.6) is 0 Å². The lowest BCUT2D eigenvalue weighted by molar-refractivity contribution is 0.154. The zero-order valence-corrected chi connectivity index (χ0v) is 17.5. The van der Waals surface area contributed by atoms with Crippen LogP contribution in [0.3, 0.4) is 0 Å². The predicted molar refractivity (Wildman–Crippen MR) is 112 cm³/mol. The van der Waals surface area contributed by atoms with Gasteiger partial charge in [0.2, 0.25) is 10.0 Å². The van der Waals surface area contributed by atoms with E-state index in [1.807, 2.05) is 12.1 Å². The number of rotatable bonds is 6. The highest BCUT2D eigenvalue weighted by molar-refractivity contribution is 7.89. The summed E-state index contributed by atoms with van der Waals surface area (Å²) >= 11 is 0. The van der Waals surface area contributed by atoms with Crippen LogP contribution in [0, 0.1) is 0 Å². The highest BCUT2D eigenvalue weighted by Gasteiger charge is 2.29. The molecule has 0 unspecified atom stereocenters. The SMILES string of the molecule is CC(C)N1CCN(S(=O)(=O)c2ccc(NC(=O)NCc3ccncc3)cc2)CC1. The Morgan fingerprint density at radius 1 is 1.03 bits per heavy atom. The standard InChI is InChI=1S/C20H27N5O3S/c1-16(2)24-11-13-25(14-12-24)29(27,28)19-5-3-18(4-6-19)23-20(26)22-15-17-7-9-21-10-8-17/h3-10,16H,11-15H2,1-2H3,(H2,22,23,26). The Balaban J connectivity index is 1.56. The van der Waals surface area contributed by atoms with Crippen molar-refractivity contribution in [1.29, 1.82) is 0 Å². The fraction of sp³-hybridized carbons (Fsp3) is 0.400. The van der Waals surface area contributed by atoms with Crippen molar-refractivity contribution in [2.75, 3.05) is 31.5 Å². The molecule has 0 bridgehead atoms. The second-order valence-corrected chi connectivity index (χ2v) is 9.16. The molecule has 29 heavy (non-hydrogen) atoms. The van der Waals surface area contributed by atoms with Crippen molar-refractivity contribution in [3.05, 3.63) is 54.4 Å². The van der Waals surface area contributed by atoms with Crippen molar-refractivity contribution in [2.45, 2.75) is 31.3 Å². The van der Waals surface area contributed by atoms with Crippen LogP contribution >= 0.6 is 0 Å². The van der Waals surface area contributed by atoms with Gasteiger partial charge in [-0.1, -0.05) is 0 Å². The number of urea groups is 1. The van der Waals surface area contributed by atoms with Crippen molar-refractivity contribution < 1.29 is 13.2 Å². The Hall–Kier alpha value is -2.49. The van der Waals surface area contributed by atoms with Gasteiger partial charge in [0.15, 0.2) is 0 Å². The summed E-state index contributed by atoms with van der Waals surface area (Å²) < 4.78 is 27.2. The number of carbonyl (C=O) groups is 1. The molecule has 0 radical (unpaired) electrons. The minimum absolute atomic E-state index is 0.234. The van der Waals surface area contributed by atoms with Crippen molar-refractivity contribution in [2.24, 2.45) is 0 Å². The van der Waals surface area contributed by atoms with E-state index in [0.29, 0.717) is 31.4 Å². The smallest absolute Gasteiger partial charge is 0.319 e. The molecule has 2 N–H and O–H groups in total. The van der Waals surface area contributed by atoms with Gasteiger partial charge in [0.1, 0.15) is 0 Å². The normalized spacial score (nSPS) is 16.0. The molecule has 2 aromatic rings. The monoisotopic (exact) mass is 417 g/mol. The number of carbonyl (C=O) groups excluding carboxylic acids is 1. The minimum Gasteiger partial charge on any atom is -0.334 e. The van der Waals surface area contributed by atoms with E-state index in [-0.39, 0.29) is 10.9 Å². The van der Waals surface area contributed by atoms with Gasteiger partial charge in [-0.05, 0) is 55.8 Å².